The van der Waals surface area contributed by atoms with Crippen molar-refractivity contribution >= 4 is 0 Å². The highest BCUT2D eigenvalue weighted by atomic mass is 16.5. The first-order valence-corrected chi connectivity index (χ1v) is 8.54. The molecule has 1 aliphatic heterocycles. The van der Waals surface area contributed by atoms with E-state index in [1.807, 2.05) is 37.4 Å². The molecular formula is C20H25NO3. The van der Waals surface area contributed by atoms with Gasteiger partial charge in [0.15, 0.2) is 0 Å². The van der Waals surface area contributed by atoms with Crippen LogP contribution in [-0.4, -0.2) is 40.0 Å². The number of hydrogen-bond donors (Lipinski definition) is 1. The highest BCUT2D eigenvalue weighted by Crippen LogP contribution is 2.31. The van der Waals surface area contributed by atoms with E-state index in [9.17, 15) is 0 Å². The fourth-order valence-corrected chi connectivity index (χ4v) is 2.76. The Morgan fingerprint density at radius 3 is 2.67 bits per heavy atom. The van der Waals surface area contributed by atoms with E-state index >= 15 is 0 Å². The zero-order chi connectivity index (χ0) is 16.6. The minimum Gasteiger partial charge on any atom is -0.493 e. The molecule has 1 N–H and O–H groups in total. The lowest BCUT2D eigenvalue weighted by molar-refractivity contribution is 0.167. The summed E-state index contributed by atoms with van der Waals surface area (Å²) in [6.07, 6.45) is 1.08. The van der Waals surface area contributed by atoms with Gasteiger partial charge in [0.05, 0.1) is 13.2 Å². The average Bonchev–Trinajstić information content (AvgIpc) is 3.15. The minimum atomic E-state index is 0.501. The first kappa shape index (κ1) is 16.8. The summed E-state index contributed by atoms with van der Waals surface area (Å²) in [6.45, 7) is 3.87. The largest absolute Gasteiger partial charge is 0.493 e. The van der Waals surface area contributed by atoms with E-state index in [2.05, 4.69) is 23.5 Å². The maximum absolute atomic E-state index is 6.07. The Morgan fingerprint density at radius 1 is 1.08 bits per heavy atom. The maximum Gasteiger partial charge on any atom is 0.127 e. The van der Waals surface area contributed by atoms with Crippen LogP contribution in [0.5, 0.6) is 11.5 Å². The normalized spacial score (nSPS) is 17.0. The predicted octanol–water partition coefficient (Wildman–Crippen LogP) is 3.37. The third-order valence-electron chi connectivity index (χ3n) is 4.17. The molecule has 0 aliphatic carbocycles. The summed E-state index contributed by atoms with van der Waals surface area (Å²) in [6, 6.07) is 16.3. The molecule has 3 rings (SSSR count). The molecule has 2 aromatic rings. The van der Waals surface area contributed by atoms with E-state index in [-0.39, 0.29) is 0 Å². The van der Waals surface area contributed by atoms with Gasteiger partial charge in [0.25, 0.3) is 0 Å². The van der Waals surface area contributed by atoms with Gasteiger partial charge >= 0.3 is 0 Å². The molecule has 4 nitrogen and oxygen atoms in total. The molecular weight excluding hydrogens is 302 g/mol. The standard InChI is InChI=1S/C20H25NO3/c1-21-11-13-23-18-8-6-17(7-9-18)19-4-2-3-5-20(19)24-15-16-10-12-22-14-16/h2-9,16,21H,10-15H2,1H3. The molecule has 0 amide bonds. The summed E-state index contributed by atoms with van der Waals surface area (Å²) >= 11 is 0. The summed E-state index contributed by atoms with van der Waals surface area (Å²) in [5.41, 5.74) is 2.24. The number of benzene rings is 2. The molecule has 0 spiro atoms. The molecule has 0 aromatic heterocycles. The van der Waals surface area contributed by atoms with Crippen LogP contribution in [0.3, 0.4) is 0 Å². The quantitative estimate of drug-likeness (QED) is 0.755. The van der Waals surface area contributed by atoms with E-state index < -0.39 is 0 Å². The summed E-state index contributed by atoms with van der Waals surface area (Å²) in [7, 11) is 1.92. The summed E-state index contributed by atoms with van der Waals surface area (Å²) in [5, 5.41) is 3.07. The van der Waals surface area contributed by atoms with Crippen LogP contribution >= 0.6 is 0 Å². The summed E-state index contributed by atoms with van der Waals surface area (Å²) in [5.74, 6) is 2.31. The lowest BCUT2D eigenvalue weighted by Gasteiger charge is -2.14. The Kier molecular flexibility index (Phi) is 6.10. The van der Waals surface area contributed by atoms with Crippen molar-refractivity contribution in [2.24, 2.45) is 5.92 Å². The van der Waals surface area contributed by atoms with Crippen LogP contribution in [0.15, 0.2) is 48.5 Å². The Hall–Kier alpha value is -2.04. The second-order valence-corrected chi connectivity index (χ2v) is 6.01. The smallest absolute Gasteiger partial charge is 0.127 e. The van der Waals surface area contributed by atoms with Gasteiger partial charge in [0.2, 0.25) is 0 Å². The number of ether oxygens (including phenoxy) is 3. The van der Waals surface area contributed by atoms with Crippen molar-refractivity contribution in [3.05, 3.63) is 48.5 Å². The number of rotatable bonds is 8. The van der Waals surface area contributed by atoms with Gasteiger partial charge in [0, 0.05) is 24.6 Å². The molecule has 1 saturated heterocycles. The van der Waals surface area contributed by atoms with E-state index in [4.69, 9.17) is 14.2 Å². The van der Waals surface area contributed by atoms with Crippen molar-refractivity contribution in [2.45, 2.75) is 6.42 Å². The highest BCUT2D eigenvalue weighted by Gasteiger charge is 2.17. The van der Waals surface area contributed by atoms with E-state index in [1.54, 1.807) is 0 Å². The number of nitrogens with one attached hydrogen (secondary N) is 1. The second-order valence-electron chi connectivity index (χ2n) is 6.01. The molecule has 1 unspecified atom stereocenters. The average molecular weight is 327 g/mol. The van der Waals surface area contributed by atoms with Crippen LogP contribution in [0.2, 0.25) is 0 Å². The SMILES string of the molecule is CNCCOc1ccc(-c2ccccc2OCC2CCOC2)cc1. The van der Waals surface area contributed by atoms with Crippen LogP contribution in [0.4, 0.5) is 0 Å². The molecule has 128 valence electrons. The molecule has 1 aliphatic rings. The van der Waals surface area contributed by atoms with Gasteiger partial charge in [-0.1, -0.05) is 30.3 Å². The molecule has 0 bridgehead atoms. The van der Waals surface area contributed by atoms with Gasteiger partial charge in [-0.3, -0.25) is 0 Å². The zero-order valence-corrected chi connectivity index (χ0v) is 14.2. The van der Waals surface area contributed by atoms with Gasteiger partial charge < -0.3 is 19.5 Å². The van der Waals surface area contributed by atoms with E-state index in [1.165, 1.54) is 0 Å². The van der Waals surface area contributed by atoms with Crippen molar-refractivity contribution in [1.29, 1.82) is 0 Å². The zero-order valence-electron chi connectivity index (χ0n) is 14.2. The first-order valence-electron chi connectivity index (χ1n) is 8.54. The van der Waals surface area contributed by atoms with Crippen molar-refractivity contribution < 1.29 is 14.2 Å². The van der Waals surface area contributed by atoms with Crippen LogP contribution in [0.1, 0.15) is 6.42 Å². The number of hydrogen-bond acceptors (Lipinski definition) is 4. The highest BCUT2D eigenvalue weighted by molar-refractivity contribution is 5.70. The van der Waals surface area contributed by atoms with Crippen LogP contribution in [0, 0.1) is 5.92 Å². The number of para-hydroxylation sites is 1. The minimum absolute atomic E-state index is 0.501. The van der Waals surface area contributed by atoms with E-state index in [0.29, 0.717) is 19.1 Å². The number of likely N-dealkylation sites (N-methyl/N-ethyl adjacent to an activating group) is 1. The van der Waals surface area contributed by atoms with Gasteiger partial charge in [-0.2, -0.15) is 0 Å². The molecule has 0 saturated carbocycles. The van der Waals surface area contributed by atoms with Crippen LogP contribution in [0.25, 0.3) is 11.1 Å². The molecule has 24 heavy (non-hydrogen) atoms. The fourth-order valence-electron chi connectivity index (χ4n) is 2.76. The Bertz CT molecular complexity index is 621. The Morgan fingerprint density at radius 2 is 1.92 bits per heavy atom. The molecule has 1 heterocycles. The Labute approximate surface area is 143 Å². The molecule has 0 radical (unpaired) electrons. The van der Waals surface area contributed by atoms with Crippen molar-refractivity contribution in [2.75, 3.05) is 40.0 Å². The third-order valence-corrected chi connectivity index (χ3v) is 4.17. The van der Waals surface area contributed by atoms with Crippen molar-refractivity contribution in [1.82, 2.24) is 5.32 Å². The van der Waals surface area contributed by atoms with Crippen molar-refractivity contribution in [3.63, 3.8) is 0 Å². The van der Waals surface area contributed by atoms with Gasteiger partial charge in [-0.05, 0) is 37.2 Å². The van der Waals surface area contributed by atoms with E-state index in [0.717, 1.165) is 48.8 Å². The second kappa shape index (κ2) is 8.71. The first-order chi connectivity index (χ1) is 11.9. The predicted molar refractivity (Wildman–Crippen MR) is 95.7 cm³/mol. The summed E-state index contributed by atoms with van der Waals surface area (Å²) < 4.78 is 17.2. The monoisotopic (exact) mass is 327 g/mol. The molecule has 1 fully saturated rings. The Balaban J connectivity index is 1.66. The summed E-state index contributed by atoms with van der Waals surface area (Å²) in [4.78, 5) is 0. The lowest BCUT2D eigenvalue weighted by atomic mass is 10.0. The fraction of sp³-hybridized carbons (Fsp3) is 0.400. The van der Waals surface area contributed by atoms with Crippen LogP contribution < -0.4 is 14.8 Å². The third kappa shape index (κ3) is 4.49. The topological polar surface area (TPSA) is 39.7 Å². The lowest BCUT2D eigenvalue weighted by Crippen LogP contribution is -2.15. The van der Waals surface area contributed by atoms with Gasteiger partial charge in [-0.15, -0.1) is 0 Å². The van der Waals surface area contributed by atoms with Gasteiger partial charge in [-0.25, -0.2) is 0 Å². The maximum atomic E-state index is 6.07. The van der Waals surface area contributed by atoms with Gasteiger partial charge in [0.1, 0.15) is 18.1 Å². The van der Waals surface area contributed by atoms with Crippen molar-refractivity contribution in [3.8, 4) is 22.6 Å². The molecule has 1 atom stereocenters. The molecule has 4 heteroatoms. The van der Waals surface area contributed by atoms with Crippen LogP contribution in [-0.2, 0) is 4.74 Å². The molecule has 2 aromatic carbocycles.